The minimum atomic E-state index is -2.30. The predicted molar refractivity (Wildman–Crippen MR) is 127 cm³/mol. The van der Waals surface area contributed by atoms with E-state index in [1.807, 2.05) is 26.0 Å². The lowest BCUT2D eigenvalue weighted by molar-refractivity contribution is 0.0992. The topological polar surface area (TPSA) is 87.8 Å². The predicted octanol–water partition coefficient (Wildman–Crippen LogP) is 5.85. The highest BCUT2D eigenvalue weighted by atomic mass is 19.2. The Morgan fingerprint density at radius 2 is 1.56 bits per heavy atom. The molecular weight excluding hydrogens is 529 g/mol. The summed E-state index contributed by atoms with van der Waals surface area (Å²) in [5.41, 5.74) is 1.24. The monoisotopic (exact) mass is 551 g/mol. The number of aromatic nitrogens is 2. The second kappa shape index (κ2) is 11.9. The number of benzene rings is 2. The minimum absolute atomic E-state index is 0.0969. The molecule has 4 rings (SSSR count). The molecule has 0 atom stereocenters. The van der Waals surface area contributed by atoms with Crippen LogP contribution in [-0.2, 0) is 13.2 Å². The number of amides is 1. The van der Waals surface area contributed by atoms with E-state index in [0.29, 0.717) is 36.9 Å². The summed E-state index contributed by atoms with van der Waals surface area (Å²) in [6, 6.07) is 8.03. The van der Waals surface area contributed by atoms with Crippen molar-refractivity contribution in [2.24, 2.45) is 0 Å². The van der Waals surface area contributed by atoms with Gasteiger partial charge in [-0.1, -0.05) is 6.07 Å². The number of anilines is 1. The zero-order chi connectivity index (χ0) is 28.1. The normalized spacial score (nSPS) is 10.9. The van der Waals surface area contributed by atoms with Crippen molar-refractivity contribution in [3.63, 3.8) is 0 Å². The highest BCUT2D eigenvalue weighted by molar-refractivity contribution is 6.02. The number of carbonyl (C=O) groups is 1. The van der Waals surface area contributed by atoms with Gasteiger partial charge in [0.1, 0.15) is 12.4 Å². The molecule has 1 N–H and O–H groups in total. The van der Waals surface area contributed by atoms with E-state index < -0.39 is 47.3 Å². The molecule has 0 aliphatic rings. The van der Waals surface area contributed by atoms with Gasteiger partial charge in [0.25, 0.3) is 5.91 Å². The minimum Gasteiger partial charge on any atom is -0.490 e. The zero-order valence-electron chi connectivity index (χ0n) is 20.7. The van der Waals surface area contributed by atoms with E-state index in [1.54, 1.807) is 16.9 Å². The van der Waals surface area contributed by atoms with E-state index in [0.717, 1.165) is 5.56 Å². The molecular formula is C26H22F5N3O5. The molecule has 0 aliphatic heterocycles. The maximum Gasteiger partial charge on any atom is 0.291 e. The van der Waals surface area contributed by atoms with E-state index in [9.17, 15) is 26.7 Å². The smallest absolute Gasteiger partial charge is 0.291 e. The van der Waals surface area contributed by atoms with Crippen molar-refractivity contribution in [1.29, 1.82) is 0 Å². The van der Waals surface area contributed by atoms with E-state index >= 15 is 0 Å². The van der Waals surface area contributed by atoms with Gasteiger partial charge >= 0.3 is 0 Å². The molecule has 0 unspecified atom stereocenters. The summed E-state index contributed by atoms with van der Waals surface area (Å²) in [7, 11) is 0. The van der Waals surface area contributed by atoms with E-state index in [2.05, 4.69) is 10.4 Å². The van der Waals surface area contributed by atoms with Gasteiger partial charge in [-0.2, -0.15) is 13.9 Å². The first-order valence-corrected chi connectivity index (χ1v) is 11.7. The lowest BCUT2D eigenvalue weighted by Crippen LogP contribution is -2.10. The SMILES string of the molecule is CCOc1ccc(Cn2cc(NC(=O)c3ccc(COc4c(F)c(F)c(F)c(F)c4F)o3)cn2)cc1OCC. The molecule has 2 aromatic carbocycles. The number of halogens is 5. The first-order chi connectivity index (χ1) is 18.7. The number of furan rings is 1. The number of carbonyl (C=O) groups excluding carboxylic acids is 1. The molecule has 4 aromatic rings. The second-order valence-electron chi connectivity index (χ2n) is 7.98. The van der Waals surface area contributed by atoms with Crippen molar-refractivity contribution in [3.8, 4) is 17.2 Å². The first-order valence-electron chi connectivity index (χ1n) is 11.7. The van der Waals surface area contributed by atoms with Crippen molar-refractivity contribution < 1.29 is 45.4 Å². The number of hydrogen-bond acceptors (Lipinski definition) is 6. The fourth-order valence-electron chi connectivity index (χ4n) is 3.52. The van der Waals surface area contributed by atoms with Gasteiger partial charge in [-0.05, 0) is 43.7 Å². The van der Waals surface area contributed by atoms with Crippen molar-refractivity contribution in [3.05, 3.63) is 88.9 Å². The van der Waals surface area contributed by atoms with Crippen LogP contribution in [0.3, 0.4) is 0 Å². The largest absolute Gasteiger partial charge is 0.490 e. The Kier molecular flexibility index (Phi) is 8.37. The average Bonchev–Trinajstić information content (AvgIpc) is 3.58. The molecule has 0 radical (unpaired) electrons. The number of rotatable bonds is 11. The number of nitrogens with zero attached hydrogens (tertiary/aromatic N) is 2. The van der Waals surface area contributed by atoms with Gasteiger partial charge in [-0.15, -0.1) is 0 Å². The number of ether oxygens (including phenoxy) is 3. The lowest BCUT2D eigenvalue weighted by Gasteiger charge is -2.12. The number of nitrogens with one attached hydrogen (secondary N) is 1. The number of hydrogen-bond donors (Lipinski definition) is 1. The standard InChI is InChI=1S/C26H22F5N3O5/c1-3-36-17-7-5-14(9-19(17)37-4-2)11-34-12-15(10-32-34)33-26(35)18-8-6-16(39-18)13-38-25-23(30)21(28)20(27)22(29)24(25)31/h5-10,12H,3-4,11,13H2,1-2H3,(H,33,35). The fraction of sp³-hybridized carbons (Fsp3) is 0.231. The van der Waals surface area contributed by atoms with Crippen LogP contribution in [0.1, 0.15) is 35.7 Å². The molecule has 0 saturated heterocycles. The van der Waals surface area contributed by atoms with Crippen molar-refractivity contribution in [2.45, 2.75) is 27.0 Å². The lowest BCUT2D eigenvalue weighted by atomic mass is 10.2. The zero-order valence-corrected chi connectivity index (χ0v) is 20.7. The van der Waals surface area contributed by atoms with Gasteiger partial charge in [0.2, 0.25) is 29.1 Å². The van der Waals surface area contributed by atoms with Gasteiger partial charge in [0.05, 0.1) is 31.6 Å². The van der Waals surface area contributed by atoms with Crippen LogP contribution in [0.4, 0.5) is 27.6 Å². The Morgan fingerprint density at radius 1 is 0.897 bits per heavy atom. The average molecular weight is 551 g/mol. The third kappa shape index (κ3) is 6.13. The van der Waals surface area contributed by atoms with Crippen molar-refractivity contribution in [2.75, 3.05) is 18.5 Å². The summed E-state index contributed by atoms with van der Waals surface area (Å²) in [6.45, 7) is 4.39. The van der Waals surface area contributed by atoms with Crippen LogP contribution in [0.15, 0.2) is 47.1 Å². The van der Waals surface area contributed by atoms with Crippen LogP contribution in [-0.4, -0.2) is 28.9 Å². The molecule has 2 heterocycles. The second-order valence-corrected chi connectivity index (χ2v) is 7.98. The summed E-state index contributed by atoms with van der Waals surface area (Å²) in [5, 5.41) is 6.80. The molecule has 0 spiro atoms. The summed E-state index contributed by atoms with van der Waals surface area (Å²) >= 11 is 0. The van der Waals surface area contributed by atoms with Crippen LogP contribution >= 0.6 is 0 Å². The van der Waals surface area contributed by atoms with Gasteiger partial charge in [0, 0.05) is 6.20 Å². The molecule has 8 nitrogen and oxygen atoms in total. The summed E-state index contributed by atoms with van der Waals surface area (Å²) < 4.78 is 90.1. The Hall–Kier alpha value is -4.55. The molecule has 0 fully saturated rings. The molecule has 0 saturated carbocycles. The van der Waals surface area contributed by atoms with Crippen LogP contribution in [0.5, 0.6) is 17.2 Å². The Bertz CT molecular complexity index is 1460. The van der Waals surface area contributed by atoms with Gasteiger partial charge < -0.3 is 23.9 Å². The van der Waals surface area contributed by atoms with E-state index in [-0.39, 0.29) is 11.5 Å². The highest BCUT2D eigenvalue weighted by Gasteiger charge is 2.27. The molecule has 206 valence electrons. The Morgan fingerprint density at radius 3 is 2.26 bits per heavy atom. The van der Waals surface area contributed by atoms with E-state index in [1.165, 1.54) is 18.3 Å². The first kappa shape index (κ1) is 27.5. The van der Waals surface area contributed by atoms with Crippen LogP contribution in [0.25, 0.3) is 0 Å². The summed E-state index contributed by atoms with van der Waals surface area (Å²) in [5.74, 6) is -12.0. The molecule has 0 aliphatic carbocycles. The summed E-state index contributed by atoms with van der Waals surface area (Å²) in [4.78, 5) is 12.5. The third-order valence-corrected chi connectivity index (χ3v) is 5.26. The van der Waals surface area contributed by atoms with Gasteiger partial charge in [0.15, 0.2) is 23.0 Å². The maximum absolute atomic E-state index is 13.8. The molecule has 1 amide bonds. The maximum atomic E-state index is 13.8. The molecule has 13 heteroatoms. The molecule has 2 aromatic heterocycles. The molecule has 0 bridgehead atoms. The van der Waals surface area contributed by atoms with Crippen molar-refractivity contribution in [1.82, 2.24) is 9.78 Å². The van der Waals surface area contributed by atoms with Crippen LogP contribution < -0.4 is 19.5 Å². The van der Waals surface area contributed by atoms with Gasteiger partial charge in [-0.3, -0.25) is 9.48 Å². The van der Waals surface area contributed by atoms with Crippen LogP contribution in [0, 0.1) is 29.1 Å². The van der Waals surface area contributed by atoms with Crippen molar-refractivity contribution >= 4 is 11.6 Å². The molecule has 39 heavy (non-hydrogen) atoms. The summed E-state index contributed by atoms with van der Waals surface area (Å²) in [6.07, 6.45) is 3.01. The van der Waals surface area contributed by atoms with Gasteiger partial charge in [-0.25, -0.2) is 13.2 Å². The van der Waals surface area contributed by atoms with E-state index in [4.69, 9.17) is 18.6 Å². The fourth-order valence-corrected chi connectivity index (χ4v) is 3.52. The Balaban J connectivity index is 1.37. The third-order valence-electron chi connectivity index (χ3n) is 5.26. The Labute approximate surface area is 218 Å². The highest BCUT2D eigenvalue weighted by Crippen LogP contribution is 2.30. The van der Waals surface area contributed by atoms with Crippen LogP contribution in [0.2, 0.25) is 0 Å². The quantitative estimate of drug-likeness (QED) is 0.143.